The lowest BCUT2D eigenvalue weighted by Gasteiger charge is -2.25. The quantitative estimate of drug-likeness (QED) is 0.938. The molecule has 17 heavy (non-hydrogen) atoms. The lowest BCUT2D eigenvalue weighted by atomic mass is 10.1. The summed E-state index contributed by atoms with van der Waals surface area (Å²) in [6.07, 6.45) is 4.44. The Balaban J connectivity index is 1.67. The smallest absolute Gasteiger partial charge is 0.193 e. The van der Waals surface area contributed by atoms with Crippen molar-refractivity contribution in [1.82, 2.24) is 9.38 Å². The average molecular weight is 286 g/mol. The minimum Gasteiger partial charge on any atom is -0.392 e. The monoisotopic (exact) mass is 286 g/mol. The second kappa shape index (κ2) is 5.22. The summed E-state index contributed by atoms with van der Waals surface area (Å²) in [6, 6.07) is 0. The topological polar surface area (TPSA) is 37.5 Å². The van der Waals surface area contributed by atoms with Gasteiger partial charge in [0.2, 0.25) is 0 Å². The molecule has 3 rings (SSSR count). The number of nitrogens with zero attached hydrogens (tertiary/aromatic N) is 2. The molecule has 2 aromatic heterocycles. The fourth-order valence-corrected chi connectivity index (χ4v) is 5.44. The van der Waals surface area contributed by atoms with Crippen molar-refractivity contribution in [3.63, 3.8) is 0 Å². The molecule has 0 aliphatic carbocycles. The van der Waals surface area contributed by atoms with Gasteiger partial charge >= 0.3 is 0 Å². The van der Waals surface area contributed by atoms with Crippen LogP contribution >= 0.6 is 34.9 Å². The molecule has 92 valence electrons. The third-order valence-electron chi connectivity index (χ3n) is 2.83. The van der Waals surface area contributed by atoms with Crippen LogP contribution in [0.2, 0.25) is 0 Å². The second-order valence-corrected chi connectivity index (χ2v) is 7.45. The molecule has 1 aliphatic rings. The number of aromatic nitrogens is 2. The lowest BCUT2D eigenvalue weighted by Crippen LogP contribution is -2.30. The number of fused-ring (bicyclic) bond motifs is 1. The Bertz CT molecular complexity index is 461. The first-order valence-electron chi connectivity index (χ1n) is 5.61. The lowest BCUT2D eigenvalue weighted by molar-refractivity contribution is 0.176. The fourth-order valence-electron chi connectivity index (χ4n) is 1.95. The predicted molar refractivity (Wildman–Crippen MR) is 76.4 cm³/mol. The van der Waals surface area contributed by atoms with Gasteiger partial charge in [-0.2, -0.15) is 23.5 Å². The van der Waals surface area contributed by atoms with E-state index in [0.717, 1.165) is 22.2 Å². The summed E-state index contributed by atoms with van der Waals surface area (Å²) in [7, 11) is 0. The van der Waals surface area contributed by atoms with Crippen molar-refractivity contribution in [3.05, 3.63) is 23.5 Å². The second-order valence-electron chi connectivity index (χ2n) is 4.08. The molecule has 1 saturated heterocycles. The van der Waals surface area contributed by atoms with Gasteiger partial charge in [-0.3, -0.25) is 4.40 Å². The highest BCUT2D eigenvalue weighted by atomic mass is 32.2. The molecular weight excluding hydrogens is 272 g/mol. The van der Waals surface area contributed by atoms with Crippen LogP contribution in [0.3, 0.4) is 0 Å². The first-order chi connectivity index (χ1) is 8.33. The van der Waals surface area contributed by atoms with Gasteiger partial charge in [-0.05, 0) is 0 Å². The number of thioether (sulfide) groups is 2. The summed E-state index contributed by atoms with van der Waals surface area (Å²) in [5, 5.41) is 12.6. The van der Waals surface area contributed by atoms with Crippen LogP contribution in [0.5, 0.6) is 0 Å². The van der Waals surface area contributed by atoms with Gasteiger partial charge in [-0.1, -0.05) is 0 Å². The number of imidazole rings is 1. The molecule has 0 saturated carbocycles. The van der Waals surface area contributed by atoms with Crippen molar-refractivity contribution in [3.8, 4) is 0 Å². The van der Waals surface area contributed by atoms with Gasteiger partial charge in [0.25, 0.3) is 0 Å². The van der Waals surface area contributed by atoms with Crippen molar-refractivity contribution in [1.29, 1.82) is 0 Å². The van der Waals surface area contributed by atoms with Gasteiger partial charge in [0.05, 0.1) is 11.8 Å². The summed E-state index contributed by atoms with van der Waals surface area (Å²) < 4.78 is 2.02. The zero-order chi connectivity index (χ0) is 11.7. The molecule has 0 amide bonds. The van der Waals surface area contributed by atoms with E-state index in [2.05, 4.69) is 4.98 Å². The summed E-state index contributed by atoms with van der Waals surface area (Å²) in [4.78, 5) is 5.52. The van der Waals surface area contributed by atoms with Crippen molar-refractivity contribution < 1.29 is 5.11 Å². The molecule has 1 aliphatic heterocycles. The van der Waals surface area contributed by atoms with E-state index in [1.165, 1.54) is 5.75 Å². The summed E-state index contributed by atoms with van der Waals surface area (Å²) in [6.45, 7) is 0. The fraction of sp³-hybridized carbons (Fsp3) is 0.545. The molecule has 1 fully saturated rings. The van der Waals surface area contributed by atoms with E-state index in [1.807, 2.05) is 45.7 Å². The largest absolute Gasteiger partial charge is 0.392 e. The van der Waals surface area contributed by atoms with E-state index in [9.17, 15) is 5.11 Å². The third-order valence-corrected chi connectivity index (χ3v) is 6.51. The van der Waals surface area contributed by atoms with Gasteiger partial charge < -0.3 is 5.11 Å². The van der Waals surface area contributed by atoms with Crippen molar-refractivity contribution in [2.75, 3.05) is 17.3 Å². The zero-order valence-corrected chi connectivity index (χ0v) is 11.7. The van der Waals surface area contributed by atoms with Crippen molar-refractivity contribution in [2.45, 2.75) is 17.8 Å². The summed E-state index contributed by atoms with van der Waals surface area (Å²) >= 11 is 5.47. The van der Waals surface area contributed by atoms with Crippen LogP contribution in [0.15, 0.2) is 17.8 Å². The SMILES string of the molecule is OC(Cc1cn2ccsc2n1)C1CSCCS1. The number of hydrogen-bond acceptors (Lipinski definition) is 5. The van der Waals surface area contributed by atoms with E-state index >= 15 is 0 Å². The maximum Gasteiger partial charge on any atom is 0.193 e. The van der Waals surface area contributed by atoms with Gasteiger partial charge in [-0.15, -0.1) is 11.3 Å². The van der Waals surface area contributed by atoms with Gasteiger partial charge in [0, 0.05) is 46.7 Å². The van der Waals surface area contributed by atoms with Crippen LogP contribution in [-0.2, 0) is 6.42 Å². The Morgan fingerprint density at radius 3 is 3.24 bits per heavy atom. The number of aliphatic hydroxyl groups is 1. The summed E-state index contributed by atoms with van der Waals surface area (Å²) in [5.74, 6) is 3.44. The Morgan fingerprint density at radius 2 is 2.47 bits per heavy atom. The van der Waals surface area contributed by atoms with E-state index in [0.29, 0.717) is 11.7 Å². The standard InChI is InChI=1S/C11H14N2OS3/c14-9(10-7-15-3-4-16-10)5-8-6-13-1-2-17-11(13)12-8/h1-2,6,9-10,14H,3-5,7H2. The number of hydrogen-bond donors (Lipinski definition) is 1. The Hall–Kier alpha value is -0.170. The van der Waals surface area contributed by atoms with E-state index in [1.54, 1.807) is 11.3 Å². The maximum absolute atomic E-state index is 10.2. The minimum atomic E-state index is -0.266. The average Bonchev–Trinajstić information content (AvgIpc) is 2.90. The van der Waals surface area contributed by atoms with Crippen molar-refractivity contribution >= 4 is 39.8 Å². The normalized spacial score (nSPS) is 23.0. The highest BCUT2D eigenvalue weighted by Crippen LogP contribution is 2.27. The van der Waals surface area contributed by atoms with Gasteiger partial charge in [0.1, 0.15) is 0 Å². The van der Waals surface area contributed by atoms with Gasteiger partial charge in [-0.25, -0.2) is 4.98 Å². The third kappa shape index (κ3) is 2.65. The highest BCUT2D eigenvalue weighted by molar-refractivity contribution is 8.06. The van der Waals surface area contributed by atoms with Crippen LogP contribution in [0.4, 0.5) is 0 Å². The molecule has 1 N–H and O–H groups in total. The molecular formula is C11H14N2OS3. The molecule has 2 unspecified atom stereocenters. The van der Waals surface area contributed by atoms with Crippen molar-refractivity contribution in [2.24, 2.45) is 0 Å². The molecule has 0 aromatic carbocycles. The van der Waals surface area contributed by atoms with Crippen LogP contribution in [-0.4, -0.2) is 43.1 Å². The Kier molecular flexibility index (Phi) is 3.65. The Labute approximate surface area is 113 Å². The maximum atomic E-state index is 10.2. The van der Waals surface area contributed by atoms with E-state index in [4.69, 9.17) is 0 Å². The molecule has 2 atom stereocenters. The molecule has 0 bridgehead atoms. The molecule has 3 nitrogen and oxygen atoms in total. The van der Waals surface area contributed by atoms with Crippen LogP contribution in [0.1, 0.15) is 5.69 Å². The predicted octanol–water partition coefficient (Wildman–Crippen LogP) is 2.15. The molecule has 0 radical (unpaired) electrons. The number of aliphatic hydroxyl groups excluding tert-OH is 1. The molecule has 3 heterocycles. The number of rotatable bonds is 3. The Morgan fingerprint density at radius 1 is 1.53 bits per heavy atom. The minimum absolute atomic E-state index is 0.266. The number of thiazole rings is 1. The first kappa shape index (κ1) is 11.9. The molecule has 6 heteroatoms. The van der Waals surface area contributed by atoms with Gasteiger partial charge in [0.15, 0.2) is 4.96 Å². The summed E-state index contributed by atoms with van der Waals surface area (Å²) in [5.41, 5.74) is 1.00. The van der Waals surface area contributed by atoms with E-state index < -0.39 is 0 Å². The first-order valence-corrected chi connectivity index (χ1v) is 8.70. The molecule has 0 spiro atoms. The highest BCUT2D eigenvalue weighted by Gasteiger charge is 2.23. The van der Waals surface area contributed by atoms with E-state index in [-0.39, 0.29) is 6.10 Å². The zero-order valence-electron chi connectivity index (χ0n) is 9.28. The van der Waals surface area contributed by atoms with Crippen LogP contribution in [0, 0.1) is 0 Å². The molecule has 2 aromatic rings. The van der Waals surface area contributed by atoms with Crippen LogP contribution in [0.25, 0.3) is 4.96 Å². The van der Waals surface area contributed by atoms with Crippen LogP contribution < -0.4 is 0 Å².